The molecule has 0 saturated heterocycles. The van der Waals surface area contributed by atoms with E-state index < -0.39 is 0 Å². The highest BCUT2D eigenvalue weighted by Gasteiger charge is 2.19. The summed E-state index contributed by atoms with van der Waals surface area (Å²) in [6.07, 6.45) is 0. The minimum atomic E-state index is 0.876. The predicted octanol–water partition coefficient (Wildman–Crippen LogP) is 16.7. The molecule has 0 spiro atoms. The van der Waals surface area contributed by atoms with Crippen molar-refractivity contribution in [2.45, 2.75) is 0 Å². The Morgan fingerprint density at radius 3 is 1.60 bits per heavy atom. The van der Waals surface area contributed by atoms with Crippen molar-refractivity contribution < 1.29 is 4.42 Å². The second kappa shape index (κ2) is 13.9. The molecule has 2 heteroatoms. The fourth-order valence-electron chi connectivity index (χ4n) is 9.27. The van der Waals surface area contributed by atoms with Crippen molar-refractivity contribution >= 4 is 82.1 Å². The highest BCUT2D eigenvalue weighted by Crippen LogP contribution is 2.44. The quantitative estimate of drug-likeness (QED) is 0.157. The Kier molecular flexibility index (Phi) is 7.89. The van der Waals surface area contributed by atoms with Gasteiger partial charge < -0.3 is 9.32 Å². The molecule has 60 heavy (non-hydrogen) atoms. The molecule has 1 heterocycles. The molecule has 0 fully saturated rings. The van der Waals surface area contributed by atoms with E-state index in [4.69, 9.17) is 4.42 Å². The van der Waals surface area contributed by atoms with E-state index in [1.807, 2.05) is 0 Å². The Labute approximate surface area is 347 Å². The van der Waals surface area contributed by atoms with Crippen LogP contribution in [-0.2, 0) is 0 Å². The third-order valence-electron chi connectivity index (χ3n) is 12.2. The third kappa shape index (κ3) is 5.73. The Balaban J connectivity index is 1.05. The maximum Gasteiger partial charge on any atom is 0.136 e. The van der Waals surface area contributed by atoms with Gasteiger partial charge in [-0.25, -0.2) is 0 Å². The summed E-state index contributed by atoms with van der Waals surface area (Å²) in [7, 11) is 0. The minimum absolute atomic E-state index is 0.876. The Morgan fingerprint density at radius 2 is 0.800 bits per heavy atom. The minimum Gasteiger partial charge on any atom is -0.456 e. The van der Waals surface area contributed by atoms with E-state index in [9.17, 15) is 0 Å². The molecule has 0 aliphatic heterocycles. The third-order valence-corrected chi connectivity index (χ3v) is 12.2. The van der Waals surface area contributed by atoms with Gasteiger partial charge in [0.1, 0.15) is 11.2 Å². The molecular weight excluding hydrogens is 727 g/mol. The summed E-state index contributed by atoms with van der Waals surface area (Å²) < 4.78 is 6.49. The molecule has 0 bridgehead atoms. The maximum absolute atomic E-state index is 6.49. The van der Waals surface area contributed by atoms with Gasteiger partial charge in [-0.3, -0.25) is 0 Å². The average molecular weight is 764 g/mol. The first-order chi connectivity index (χ1) is 29.7. The number of fused-ring (bicyclic) bond motifs is 8. The van der Waals surface area contributed by atoms with Crippen molar-refractivity contribution in [1.82, 2.24) is 0 Å². The van der Waals surface area contributed by atoms with Gasteiger partial charge in [-0.05, 0) is 143 Å². The molecule has 0 unspecified atom stereocenters. The van der Waals surface area contributed by atoms with E-state index in [2.05, 4.69) is 229 Å². The first-order valence-electron chi connectivity index (χ1n) is 20.6. The zero-order valence-electron chi connectivity index (χ0n) is 32.7. The van der Waals surface area contributed by atoms with Gasteiger partial charge in [0, 0.05) is 27.8 Å². The Morgan fingerprint density at radius 1 is 0.250 bits per heavy atom. The number of nitrogens with zero attached hydrogens (tertiary/aromatic N) is 1. The second-order valence-corrected chi connectivity index (χ2v) is 15.7. The molecule has 0 N–H and O–H groups in total. The molecule has 0 aliphatic rings. The summed E-state index contributed by atoms with van der Waals surface area (Å²) in [5.74, 6) is 0. The van der Waals surface area contributed by atoms with Gasteiger partial charge >= 0.3 is 0 Å². The number of furan rings is 1. The van der Waals surface area contributed by atoms with Crippen LogP contribution in [0.5, 0.6) is 0 Å². The molecule has 0 saturated carbocycles. The van der Waals surface area contributed by atoms with E-state index in [-0.39, 0.29) is 0 Å². The first-order valence-corrected chi connectivity index (χ1v) is 20.6. The summed E-state index contributed by atoms with van der Waals surface area (Å²) in [5, 5.41) is 12.0. The zero-order chi connectivity index (χ0) is 39.6. The van der Waals surface area contributed by atoms with Gasteiger partial charge in [0.2, 0.25) is 0 Å². The van der Waals surface area contributed by atoms with Crippen LogP contribution in [-0.4, -0.2) is 0 Å². The first kappa shape index (κ1) is 34.1. The van der Waals surface area contributed by atoms with Gasteiger partial charge in [-0.2, -0.15) is 0 Å². The largest absolute Gasteiger partial charge is 0.456 e. The van der Waals surface area contributed by atoms with Crippen molar-refractivity contribution in [2.24, 2.45) is 0 Å². The van der Waals surface area contributed by atoms with Gasteiger partial charge in [0.15, 0.2) is 0 Å². The standard InChI is InChI=1S/C58H37NO/c1-3-13-38(14-4-1)50-29-27-47(36-54(50)39-15-5-2-6-16-39)59(48-28-30-57-56(37-48)55-33-40-17-7-8-18-41(40)35-58(55)60-57)46-26-25-42-31-45(24-23-43(42)32-46)53-34-44-19-9-10-20-49(44)51-21-11-12-22-52(51)53/h1-37H. The molecule has 1 aromatic heterocycles. The highest BCUT2D eigenvalue weighted by molar-refractivity contribution is 6.14. The summed E-state index contributed by atoms with van der Waals surface area (Å²) >= 11 is 0. The van der Waals surface area contributed by atoms with Crippen molar-refractivity contribution in [2.75, 3.05) is 4.90 Å². The fourth-order valence-corrected chi connectivity index (χ4v) is 9.27. The van der Waals surface area contributed by atoms with Crippen LogP contribution in [0.4, 0.5) is 17.1 Å². The maximum atomic E-state index is 6.49. The van der Waals surface area contributed by atoms with E-state index >= 15 is 0 Å². The fraction of sp³-hybridized carbons (Fsp3) is 0. The number of hydrogen-bond donors (Lipinski definition) is 0. The monoisotopic (exact) mass is 763 g/mol. The van der Waals surface area contributed by atoms with Crippen LogP contribution in [0.3, 0.4) is 0 Å². The molecule has 0 aliphatic carbocycles. The van der Waals surface area contributed by atoms with Crippen LogP contribution in [0.2, 0.25) is 0 Å². The van der Waals surface area contributed by atoms with Crippen molar-refractivity contribution in [3.05, 3.63) is 224 Å². The summed E-state index contributed by atoms with van der Waals surface area (Å²) in [5.41, 5.74) is 12.2. The lowest BCUT2D eigenvalue weighted by Gasteiger charge is -2.27. The van der Waals surface area contributed by atoms with Gasteiger partial charge in [0.25, 0.3) is 0 Å². The lowest BCUT2D eigenvalue weighted by molar-refractivity contribution is 0.669. The Bertz CT molecular complexity index is 3600. The van der Waals surface area contributed by atoms with Crippen LogP contribution in [0.1, 0.15) is 0 Å². The van der Waals surface area contributed by atoms with Gasteiger partial charge in [-0.15, -0.1) is 0 Å². The molecule has 2 nitrogen and oxygen atoms in total. The predicted molar refractivity (Wildman–Crippen MR) is 255 cm³/mol. The number of benzene rings is 11. The van der Waals surface area contributed by atoms with Crippen LogP contribution in [0.25, 0.3) is 98.4 Å². The van der Waals surface area contributed by atoms with E-state index in [1.54, 1.807) is 0 Å². The molecule has 0 radical (unpaired) electrons. The molecule has 280 valence electrons. The highest BCUT2D eigenvalue weighted by atomic mass is 16.3. The lowest BCUT2D eigenvalue weighted by atomic mass is 9.92. The van der Waals surface area contributed by atoms with E-state index in [0.717, 1.165) is 39.0 Å². The van der Waals surface area contributed by atoms with E-state index in [0.29, 0.717) is 0 Å². The molecule has 12 aromatic rings. The summed E-state index contributed by atoms with van der Waals surface area (Å²) in [4.78, 5) is 2.39. The zero-order valence-corrected chi connectivity index (χ0v) is 32.7. The lowest BCUT2D eigenvalue weighted by Crippen LogP contribution is -2.10. The van der Waals surface area contributed by atoms with E-state index in [1.165, 1.54) is 76.5 Å². The van der Waals surface area contributed by atoms with Crippen LogP contribution >= 0.6 is 0 Å². The van der Waals surface area contributed by atoms with Crippen molar-refractivity contribution in [3.8, 4) is 33.4 Å². The topological polar surface area (TPSA) is 16.4 Å². The Hall–Kier alpha value is -7.94. The normalized spacial score (nSPS) is 11.7. The smallest absolute Gasteiger partial charge is 0.136 e. The van der Waals surface area contributed by atoms with Crippen LogP contribution < -0.4 is 4.90 Å². The van der Waals surface area contributed by atoms with Gasteiger partial charge in [0.05, 0.1) is 0 Å². The van der Waals surface area contributed by atoms with Crippen molar-refractivity contribution in [3.63, 3.8) is 0 Å². The van der Waals surface area contributed by atoms with Gasteiger partial charge in [-0.1, -0.05) is 158 Å². The number of anilines is 3. The number of rotatable bonds is 6. The second-order valence-electron chi connectivity index (χ2n) is 15.7. The van der Waals surface area contributed by atoms with Crippen LogP contribution in [0.15, 0.2) is 229 Å². The molecule has 12 rings (SSSR count). The molecule has 0 amide bonds. The van der Waals surface area contributed by atoms with Crippen LogP contribution in [0, 0.1) is 0 Å². The molecule has 0 atom stereocenters. The summed E-state index contributed by atoms with van der Waals surface area (Å²) in [6.45, 7) is 0. The average Bonchev–Trinajstić information content (AvgIpc) is 3.67. The van der Waals surface area contributed by atoms with Crippen molar-refractivity contribution in [1.29, 1.82) is 0 Å². The SMILES string of the molecule is c1ccc(-c2ccc(N(c3ccc4cc(-c5cc6ccccc6c6ccccc56)ccc4c3)c3ccc4oc5cc6ccccc6cc5c4c3)cc2-c2ccccc2)cc1. The molecular formula is C58H37NO. The summed E-state index contributed by atoms with van der Waals surface area (Å²) in [6, 6.07) is 81.4. The number of hydrogen-bond acceptors (Lipinski definition) is 2. The molecule has 11 aromatic carbocycles.